The molecule has 2 aromatic carbocycles. The number of aromatic nitrogens is 3. The highest BCUT2D eigenvalue weighted by atomic mass is 16.3. The number of H-pyrrole nitrogens is 1. The fraction of sp³-hybridized carbons (Fsp3) is 0.0476. The van der Waals surface area contributed by atoms with Crippen LogP contribution in [-0.2, 0) is 0 Å². The van der Waals surface area contributed by atoms with Gasteiger partial charge in [-0.2, -0.15) is 5.10 Å². The first-order chi connectivity index (χ1) is 13.1. The van der Waals surface area contributed by atoms with Gasteiger partial charge in [0.05, 0.1) is 17.6 Å². The van der Waals surface area contributed by atoms with E-state index in [0.29, 0.717) is 5.70 Å². The van der Waals surface area contributed by atoms with Crippen LogP contribution in [0.2, 0.25) is 0 Å². The first kappa shape index (κ1) is 16.7. The van der Waals surface area contributed by atoms with Gasteiger partial charge in [0.15, 0.2) is 11.4 Å². The third-order valence-electron chi connectivity index (χ3n) is 4.50. The third-order valence-corrected chi connectivity index (χ3v) is 4.50. The molecular formula is C21H18N4O2. The Balaban J connectivity index is 1.92. The lowest BCUT2D eigenvalue weighted by atomic mass is 10.0. The van der Waals surface area contributed by atoms with Crippen LogP contribution in [0.15, 0.2) is 72.3 Å². The van der Waals surface area contributed by atoms with Gasteiger partial charge in [0.2, 0.25) is 0 Å². The van der Waals surface area contributed by atoms with E-state index in [4.69, 9.17) is 0 Å². The number of hydrogen-bond acceptors (Lipinski definition) is 4. The molecule has 0 spiro atoms. The van der Waals surface area contributed by atoms with E-state index in [1.165, 1.54) is 10.9 Å². The maximum atomic E-state index is 12.2. The Bertz CT molecular complexity index is 1220. The zero-order chi connectivity index (χ0) is 19.0. The summed E-state index contributed by atoms with van der Waals surface area (Å²) < 4.78 is 1.51. The summed E-state index contributed by atoms with van der Waals surface area (Å²) in [5, 5.41) is 18.4. The molecule has 0 unspecified atom stereocenters. The predicted octanol–water partition coefficient (Wildman–Crippen LogP) is 3.28. The number of nitrogens with one attached hydrogen (secondary N) is 2. The summed E-state index contributed by atoms with van der Waals surface area (Å²) in [7, 11) is 1.65. The van der Waals surface area contributed by atoms with Crippen LogP contribution in [0.3, 0.4) is 0 Å². The van der Waals surface area contributed by atoms with Gasteiger partial charge < -0.3 is 15.4 Å². The maximum absolute atomic E-state index is 12.2. The molecule has 134 valence electrons. The maximum Gasteiger partial charge on any atom is 0.251 e. The highest BCUT2D eigenvalue weighted by Crippen LogP contribution is 2.29. The van der Waals surface area contributed by atoms with Crippen molar-refractivity contribution in [3.63, 3.8) is 0 Å². The number of aromatic hydroxyl groups is 1. The van der Waals surface area contributed by atoms with Crippen molar-refractivity contribution in [3.05, 3.63) is 83.4 Å². The van der Waals surface area contributed by atoms with Gasteiger partial charge in [-0.05, 0) is 35.2 Å². The number of para-hydroxylation sites is 1. The molecule has 0 fully saturated rings. The predicted molar refractivity (Wildman–Crippen MR) is 107 cm³/mol. The first-order valence-electron chi connectivity index (χ1n) is 8.45. The van der Waals surface area contributed by atoms with Crippen LogP contribution in [0.1, 0.15) is 5.69 Å². The molecule has 6 heteroatoms. The second kappa shape index (κ2) is 6.49. The Kier molecular flexibility index (Phi) is 4.01. The molecule has 0 atom stereocenters. The zero-order valence-corrected chi connectivity index (χ0v) is 14.7. The van der Waals surface area contributed by atoms with Gasteiger partial charge in [0.1, 0.15) is 0 Å². The van der Waals surface area contributed by atoms with Crippen LogP contribution in [0.5, 0.6) is 5.75 Å². The van der Waals surface area contributed by atoms with Crippen molar-refractivity contribution in [1.29, 1.82) is 0 Å². The van der Waals surface area contributed by atoms with Crippen LogP contribution in [0.4, 0.5) is 0 Å². The average molecular weight is 358 g/mol. The summed E-state index contributed by atoms with van der Waals surface area (Å²) in [5.41, 5.74) is 3.60. The van der Waals surface area contributed by atoms with Crippen LogP contribution in [0.25, 0.3) is 33.4 Å². The molecule has 27 heavy (non-hydrogen) atoms. The van der Waals surface area contributed by atoms with Crippen molar-refractivity contribution in [3.8, 4) is 22.6 Å². The van der Waals surface area contributed by atoms with Crippen LogP contribution >= 0.6 is 0 Å². The lowest BCUT2D eigenvalue weighted by Crippen LogP contribution is -2.20. The minimum absolute atomic E-state index is 0.0772. The largest absolute Gasteiger partial charge is 0.503 e. The van der Waals surface area contributed by atoms with E-state index in [9.17, 15) is 9.90 Å². The third kappa shape index (κ3) is 2.87. The van der Waals surface area contributed by atoms with E-state index >= 15 is 0 Å². The highest BCUT2D eigenvalue weighted by Gasteiger charge is 2.14. The number of benzene rings is 2. The monoisotopic (exact) mass is 358 g/mol. The van der Waals surface area contributed by atoms with Gasteiger partial charge in [0.25, 0.3) is 5.43 Å². The molecule has 0 aliphatic heterocycles. The molecule has 0 saturated heterocycles. The Morgan fingerprint density at radius 1 is 1.22 bits per heavy atom. The summed E-state index contributed by atoms with van der Waals surface area (Å²) in [6.45, 7) is 3.79. The Hall–Kier alpha value is -3.80. The molecule has 4 rings (SSSR count). The van der Waals surface area contributed by atoms with E-state index < -0.39 is 5.43 Å². The summed E-state index contributed by atoms with van der Waals surface area (Å²) in [6.07, 6.45) is 3.22. The standard InChI is InChI=1S/C21H18N4O2/c1-13(22-2)20-21(27)19(26)12-25(24-20)18-6-4-3-5-16(18)14-7-8-17-15(11-14)9-10-23-17/h3-12,22-23,26H,1H2,2H3. The molecule has 0 radical (unpaired) electrons. The average Bonchev–Trinajstić information content (AvgIpc) is 3.17. The topological polar surface area (TPSA) is 82.9 Å². The van der Waals surface area contributed by atoms with E-state index in [1.54, 1.807) is 7.05 Å². The number of fused-ring (bicyclic) bond motifs is 1. The van der Waals surface area contributed by atoms with E-state index in [0.717, 1.165) is 27.7 Å². The van der Waals surface area contributed by atoms with E-state index in [1.807, 2.05) is 48.7 Å². The molecule has 0 bridgehead atoms. The Morgan fingerprint density at radius 2 is 2.04 bits per heavy atom. The number of aromatic amines is 1. The van der Waals surface area contributed by atoms with Crippen molar-refractivity contribution in [2.75, 3.05) is 7.05 Å². The summed E-state index contributed by atoms with van der Waals surface area (Å²) in [5.74, 6) is -0.382. The molecule has 0 saturated carbocycles. The number of nitrogens with zero attached hydrogens (tertiary/aromatic N) is 2. The van der Waals surface area contributed by atoms with Gasteiger partial charge in [-0.15, -0.1) is 0 Å². The zero-order valence-electron chi connectivity index (χ0n) is 14.7. The van der Waals surface area contributed by atoms with Crippen LogP contribution in [0, 0.1) is 0 Å². The molecule has 4 aromatic rings. The second-order valence-corrected chi connectivity index (χ2v) is 6.16. The van der Waals surface area contributed by atoms with Gasteiger partial charge >= 0.3 is 0 Å². The smallest absolute Gasteiger partial charge is 0.251 e. The minimum Gasteiger partial charge on any atom is -0.503 e. The molecule has 0 aliphatic rings. The fourth-order valence-corrected chi connectivity index (χ4v) is 3.06. The van der Waals surface area contributed by atoms with Gasteiger partial charge in [0, 0.05) is 24.3 Å². The van der Waals surface area contributed by atoms with E-state index in [-0.39, 0.29) is 11.4 Å². The van der Waals surface area contributed by atoms with Crippen molar-refractivity contribution >= 4 is 16.6 Å². The molecule has 2 aromatic heterocycles. The SMILES string of the molecule is C=C(NC)c1nn(-c2ccccc2-c2ccc3[nH]ccc3c2)cc(O)c1=O. The highest BCUT2D eigenvalue weighted by molar-refractivity contribution is 5.86. The Morgan fingerprint density at radius 3 is 2.85 bits per heavy atom. The number of hydrogen-bond donors (Lipinski definition) is 3. The van der Waals surface area contributed by atoms with Gasteiger partial charge in [-0.25, -0.2) is 4.68 Å². The van der Waals surface area contributed by atoms with Crippen LogP contribution in [-0.4, -0.2) is 26.9 Å². The molecule has 0 aliphatic carbocycles. The van der Waals surface area contributed by atoms with Crippen molar-refractivity contribution in [2.24, 2.45) is 0 Å². The summed E-state index contributed by atoms with van der Waals surface area (Å²) >= 11 is 0. The quantitative estimate of drug-likeness (QED) is 0.523. The van der Waals surface area contributed by atoms with Crippen molar-refractivity contribution < 1.29 is 5.11 Å². The second-order valence-electron chi connectivity index (χ2n) is 6.16. The van der Waals surface area contributed by atoms with Gasteiger partial charge in [-0.3, -0.25) is 4.79 Å². The summed E-state index contributed by atoms with van der Waals surface area (Å²) in [4.78, 5) is 15.4. The lowest BCUT2D eigenvalue weighted by Gasteiger charge is -2.14. The van der Waals surface area contributed by atoms with Crippen molar-refractivity contribution in [2.45, 2.75) is 0 Å². The molecule has 2 heterocycles. The molecule has 6 nitrogen and oxygen atoms in total. The number of rotatable bonds is 4. The van der Waals surface area contributed by atoms with Gasteiger partial charge in [-0.1, -0.05) is 30.8 Å². The van der Waals surface area contributed by atoms with E-state index in [2.05, 4.69) is 28.0 Å². The molecular weight excluding hydrogens is 340 g/mol. The fourth-order valence-electron chi connectivity index (χ4n) is 3.06. The molecule has 3 N–H and O–H groups in total. The van der Waals surface area contributed by atoms with Crippen LogP contribution < -0.4 is 10.7 Å². The minimum atomic E-state index is -0.558. The lowest BCUT2D eigenvalue weighted by molar-refractivity contribution is 0.461. The first-order valence-corrected chi connectivity index (χ1v) is 8.45. The summed E-state index contributed by atoms with van der Waals surface area (Å²) in [6, 6.07) is 15.8. The normalized spacial score (nSPS) is 10.9. The van der Waals surface area contributed by atoms with Crippen molar-refractivity contribution in [1.82, 2.24) is 20.1 Å². The molecule has 0 amide bonds. The Labute approximate surface area is 155 Å².